The Kier molecular flexibility index (Phi) is 5.40. The standard InChI is InChI=1S/C17H22N4O2S/c1-13-6-5-9-20(10-13)16(22)11-24-17-19-18-12-21(17)14-7-3-4-8-15(14)23-2/h3-4,7-8,12-13H,5-6,9-11H2,1-2H3/t13-/m1/s1. The third kappa shape index (κ3) is 3.72. The summed E-state index contributed by atoms with van der Waals surface area (Å²) in [6.07, 6.45) is 3.95. The number of likely N-dealkylation sites (tertiary alicyclic amines) is 1. The maximum atomic E-state index is 12.4. The average Bonchev–Trinajstić information content (AvgIpc) is 3.08. The molecule has 0 unspecified atom stereocenters. The highest BCUT2D eigenvalue weighted by Crippen LogP contribution is 2.27. The topological polar surface area (TPSA) is 60.2 Å². The fourth-order valence-electron chi connectivity index (χ4n) is 2.95. The van der Waals surface area contributed by atoms with Gasteiger partial charge in [0.2, 0.25) is 5.91 Å². The van der Waals surface area contributed by atoms with Crippen molar-refractivity contribution < 1.29 is 9.53 Å². The molecule has 1 aromatic carbocycles. The lowest BCUT2D eigenvalue weighted by atomic mass is 10.0. The number of para-hydroxylation sites is 2. The van der Waals surface area contributed by atoms with Crippen molar-refractivity contribution in [3.8, 4) is 11.4 Å². The predicted octanol–water partition coefficient (Wildman–Crippen LogP) is 2.63. The van der Waals surface area contributed by atoms with Gasteiger partial charge in [-0.25, -0.2) is 0 Å². The molecule has 0 spiro atoms. The summed E-state index contributed by atoms with van der Waals surface area (Å²) in [5, 5.41) is 8.83. The zero-order valence-corrected chi connectivity index (χ0v) is 14.8. The largest absolute Gasteiger partial charge is 0.495 e. The van der Waals surface area contributed by atoms with E-state index in [1.807, 2.05) is 33.7 Å². The van der Waals surface area contributed by atoms with Gasteiger partial charge in [0.25, 0.3) is 0 Å². The van der Waals surface area contributed by atoms with E-state index in [0.29, 0.717) is 16.8 Å². The number of thioether (sulfide) groups is 1. The van der Waals surface area contributed by atoms with E-state index in [2.05, 4.69) is 17.1 Å². The summed E-state index contributed by atoms with van der Waals surface area (Å²) >= 11 is 1.41. The van der Waals surface area contributed by atoms with E-state index < -0.39 is 0 Å². The van der Waals surface area contributed by atoms with Crippen molar-refractivity contribution in [2.24, 2.45) is 5.92 Å². The lowest BCUT2D eigenvalue weighted by Gasteiger charge is -2.30. The zero-order valence-electron chi connectivity index (χ0n) is 14.0. The van der Waals surface area contributed by atoms with Gasteiger partial charge in [0.1, 0.15) is 12.1 Å². The van der Waals surface area contributed by atoms with Crippen molar-refractivity contribution in [2.45, 2.75) is 24.9 Å². The molecule has 3 rings (SSSR count). The van der Waals surface area contributed by atoms with E-state index >= 15 is 0 Å². The second kappa shape index (κ2) is 7.70. The Morgan fingerprint density at radius 2 is 2.25 bits per heavy atom. The molecule has 2 aromatic rings. The Bertz CT molecular complexity index is 703. The van der Waals surface area contributed by atoms with Gasteiger partial charge in [-0.15, -0.1) is 10.2 Å². The van der Waals surface area contributed by atoms with Crippen LogP contribution in [0, 0.1) is 5.92 Å². The highest BCUT2D eigenvalue weighted by atomic mass is 32.2. The van der Waals surface area contributed by atoms with Crippen molar-refractivity contribution in [3.05, 3.63) is 30.6 Å². The number of aromatic nitrogens is 3. The highest BCUT2D eigenvalue weighted by Gasteiger charge is 2.21. The Hall–Kier alpha value is -2.02. The molecule has 1 fully saturated rings. The highest BCUT2D eigenvalue weighted by molar-refractivity contribution is 7.99. The second-order valence-corrected chi connectivity index (χ2v) is 6.97. The maximum absolute atomic E-state index is 12.4. The van der Waals surface area contributed by atoms with Crippen LogP contribution in [0.4, 0.5) is 0 Å². The Balaban J connectivity index is 1.69. The van der Waals surface area contributed by atoms with E-state index in [4.69, 9.17) is 4.74 Å². The van der Waals surface area contributed by atoms with Crippen molar-refractivity contribution in [3.63, 3.8) is 0 Å². The number of nitrogens with zero attached hydrogens (tertiary/aromatic N) is 4. The van der Waals surface area contributed by atoms with E-state index in [0.717, 1.165) is 30.9 Å². The number of carbonyl (C=O) groups is 1. The van der Waals surface area contributed by atoms with E-state index in [9.17, 15) is 4.79 Å². The van der Waals surface area contributed by atoms with Crippen LogP contribution in [0.2, 0.25) is 0 Å². The number of methoxy groups -OCH3 is 1. The number of hydrogen-bond donors (Lipinski definition) is 0. The van der Waals surface area contributed by atoms with Crippen molar-refractivity contribution in [2.75, 3.05) is 26.0 Å². The molecular weight excluding hydrogens is 324 g/mol. The third-order valence-corrected chi connectivity index (χ3v) is 5.12. The molecule has 1 aliphatic rings. The number of hydrogen-bond acceptors (Lipinski definition) is 5. The molecule has 1 aromatic heterocycles. The fraction of sp³-hybridized carbons (Fsp3) is 0.471. The molecule has 0 radical (unpaired) electrons. The first kappa shape index (κ1) is 16.8. The Labute approximate surface area is 146 Å². The lowest BCUT2D eigenvalue weighted by molar-refractivity contribution is -0.130. The number of rotatable bonds is 5. The van der Waals surface area contributed by atoms with Crippen molar-refractivity contribution in [1.82, 2.24) is 19.7 Å². The van der Waals surface area contributed by atoms with Crippen molar-refractivity contribution >= 4 is 17.7 Å². The first-order valence-electron chi connectivity index (χ1n) is 8.13. The molecule has 7 heteroatoms. The molecule has 0 bridgehead atoms. The number of carbonyl (C=O) groups excluding carboxylic acids is 1. The molecule has 0 saturated carbocycles. The molecule has 0 N–H and O–H groups in total. The summed E-state index contributed by atoms with van der Waals surface area (Å²) in [5.41, 5.74) is 0.867. The molecule has 6 nitrogen and oxygen atoms in total. The minimum absolute atomic E-state index is 0.168. The summed E-state index contributed by atoms with van der Waals surface area (Å²) in [4.78, 5) is 14.4. The van der Waals surface area contributed by atoms with Gasteiger partial charge in [-0.3, -0.25) is 9.36 Å². The molecule has 128 valence electrons. The zero-order chi connectivity index (χ0) is 16.9. The number of amides is 1. The summed E-state index contributed by atoms with van der Waals surface area (Å²) < 4.78 is 7.25. The normalized spacial score (nSPS) is 17.8. The Morgan fingerprint density at radius 3 is 3.04 bits per heavy atom. The van der Waals surface area contributed by atoms with Crippen LogP contribution in [0.3, 0.4) is 0 Å². The predicted molar refractivity (Wildman–Crippen MR) is 93.6 cm³/mol. The van der Waals surface area contributed by atoms with Gasteiger partial charge >= 0.3 is 0 Å². The van der Waals surface area contributed by atoms with Crippen LogP contribution in [0.15, 0.2) is 35.7 Å². The van der Waals surface area contributed by atoms with Crippen molar-refractivity contribution in [1.29, 1.82) is 0 Å². The smallest absolute Gasteiger partial charge is 0.233 e. The minimum Gasteiger partial charge on any atom is -0.495 e. The summed E-state index contributed by atoms with van der Waals surface area (Å²) in [7, 11) is 1.64. The number of ether oxygens (including phenoxy) is 1. The van der Waals surface area contributed by atoms with E-state index in [1.165, 1.54) is 18.2 Å². The van der Waals surface area contributed by atoms with Crippen LogP contribution >= 0.6 is 11.8 Å². The van der Waals surface area contributed by atoms with Gasteiger partial charge in [0.05, 0.1) is 18.6 Å². The van der Waals surface area contributed by atoms with E-state index in [-0.39, 0.29) is 5.91 Å². The van der Waals surface area contributed by atoms with Gasteiger partial charge in [-0.2, -0.15) is 0 Å². The van der Waals surface area contributed by atoms with Crippen LogP contribution in [0.5, 0.6) is 5.75 Å². The molecule has 1 saturated heterocycles. The summed E-state index contributed by atoms with van der Waals surface area (Å²) in [5.74, 6) is 1.88. The van der Waals surface area contributed by atoms with Gasteiger partial charge in [-0.1, -0.05) is 30.8 Å². The molecular formula is C17H22N4O2S. The first-order chi connectivity index (χ1) is 11.7. The minimum atomic E-state index is 0.168. The second-order valence-electron chi connectivity index (χ2n) is 6.03. The number of piperidine rings is 1. The molecule has 24 heavy (non-hydrogen) atoms. The number of benzene rings is 1. The van der Waals surface area contributed by atoms with E-state index in [1.54, 1.807) is 13.4 Å². The fourth-order valence-corrected chi connectivity index (χ4v) is 3.77. The Morgan fingerprint density at radius 1 is 1.42 bits per heavy atom. The third-order valence-electron chi connectivity index (χ3n) is 4.20. The van der Waals surface area contributed by atoms with Crippen LogP contribution in [0.25, 0.3) is 5.69 Å². The maximum Gasteiger partial charge on any atom is 0.233 e. The SMILES string of the molecule is COc1ccccc1-n1cnnc1SCC(=O)N1CCC[C@@H](C)C1. The van der Waals surface area contributed by atoms with Gasteiger partial charge in [0.15, 0.2) is 5.16 Å². The molecule has 1 atom stereocenters. The quantitative estimate of drug-likeness (QED) is 0.779. The molecule has 0 aliphatic carbocycles. The molecule has 1 amide bonds. The van der Waals surface area contributed by atoms with Gasteiger partial charge in [-0.05, 0) is 30.9 Å². The van der Waals surface area contributed by atoms with Crippen LogP contribution in [0.1, 0.15) is 19.8 Å². The van der Waals surface area contributed by atoms with Crippen LogP contribution in [-0.4, -0.2) is 51.5 Å². The monoisotopic (exact) mass is 346 g/mol. The van der Waals surface area contributed by atoms with Gasteiger partial charge in [0, 0.05) is 13.1 Å². The van der Waals surface area contributed by atoms with Crippen LogP contribution < -0.4 is 4.74 Å². The molecule has 2 heterocycles. The first-order valence-corrected chi connectivity index (χ1v) is 9.11. The summed E-state index contributed by atoms with van der Waals surface area (Å²) in [6, 6.07) is 7.69. The molecule has 1 aliphatic heterocycles. The van der Waals surface area contributed by atoms with Crippen LogP contribution in [-0.2, 0) is 4.79 Å². The summed E-state index contributed by atoms with van der Waals surface area (Å²) in [6.45, 7) is 3.92. The average molecular weight is 346 g/mol. The van der Waals surface area contributed by atoms with Gasteiger partial charge < -0.3 is 9.64 Å². The lowest BCUT2D eigenvalue weighted by Crippen LogP contribution is -2.40.